The summed E-state index contributed by atoms with van der Waals surface area (Å²) >= 11 is 0. The monoisotopic (exact) mass is 292 g/mol. The van der Waals surface area contributed by atoms with E-state index in [1.807, 2.05) is 19.1 Å². The Hall–Kier alpha value is -2.82. The van der Waals surface area contributed by atoms with Gasteiger partial charge in [0.2, 0.25) is 0 Å². The molecule has 0 saturated carbocycles. The molecule has 0 bridgehead atoms. The highest BCUT2D eigenvalue weighted by Crippen LogP contribution is 2.35. The van der Waals surface area contributed by atoms with Crippen molar-refractivity contribution in [3.05, 3.63) is 47.8 Å². The van der Waals surface area contributed by atoms with Gasteiger partial charge in [-0.25, -0.2) is 0 Å². The SMILES string of the molecule is Cc1noc(-c2cccc(-c3ccc4c(c3)NCN4)c2C)n1. The van der Waals surface area contributed by atoms with E-state index in [9.17, 15) is 0 Å². The molecule has 1 aliphatic rings. The van der Waals surface area contributed by atoms with Gasteiger partial charge in [-0.15, -0.1) is 0 Å². The Kier molecular flexibility index (Phi) is 2.85. The van der Waals surface area contributed by atoms with Crippen molar-refractivity contribution in [2.75, 3.05) is 17.3 Å². The van der Waals surface area contributed by atoms with E-state index >= 15 is 0 Å². The minimum Gasteiger partial charge on any atom is -0.366 e. The Morgan fingerprint density at radius 3 is 2.64 bits per heavy atom. The van der Waals surface area contributed by atoms with E-state index in [1.54, 1.807) is 0 Å². The molecule has 1 aliphatic heterocycles. The summed E-state index contributed by atoms with van der Waals surface area (Å²) in [5.41, 5.74) is 6.73. The predicted octanol–water partition coefficient (Wildman–Crippen LogP) is 3.82. The summed E-state index contributed by atoms with van der Waals surface area (Å²) in [6.07, 6.45) is 0. The Bertz CT molecular complexity index is 854. The second-order valence-corrected chi connectivity index (χ2v) is 5.42. The molecule has 2 heterocycles. The number of fused-ring (bicyclic) bond motifs is 1. The molecule has 0 aliphatic carbocycles. The molecule has 2 aromatic carbocycles. The van der Waals surface area contributed by atoms with Gasteiger partial charge in [0.1, 0.15) is 0 Å². The molecular formula is C17H16N4O. The van der Waals surface area contributed by atoms with Crippen molar-refractivity contribution >= 4 is 11.4 Å². The van der Waals surface area contributed by atoms with Gasteiger partial charge in [-0.2, -0.15) is 4.98 Å². The molecule has 2 N–H and O–H groups in total. The van der Waals surface area contributed by atoms with Gasteiger partial charge in [0.15, 0.2) is 5.82 Å². The second kappa shape index (κ2) is 4.87. The van der Waals surface area contributed by atoms with Gasteiger partial charge < -0.3 is 15.2 Å². The normalized spacial score (nSPS) is 12.6. The molecule has 0 atom stereocenters. The summed E-state index contributed by atoms with van der Waals surface area (Å²) in [5.74, 6) is 1.21. The van der Waals surface area contributed by atoms with E-state index in [0.29, 0.717) is 11.7 Å². The fraction of sp³-hybridized carbons (Fsp3) is 0.176. The van der Waals surface area contributed by atoms with Crippen LogP contribution in [0.1, 0.15) is 11.4 Å². The first kappa shape index (κ1) is 12.9. The lowest BCUT2D eigenvalue weighted by atomic mass is 9.96. The fourth-order valence-electron chi connectivity index (χ4n) is 2.83. The first-order chi connectivity index (χ1) is 10.7. The summed E-state index contributed by atoms with van der Waals surface area (Å²) in [6.45, 7) is 4.69. The van der Waals surface area contributed by atoms with Crippen molar-refractivity contribution < 1.29 is 4.52 Å². The molecule has 4 rings (SSSR count). The first-order valence-corrected chi connectivity index (χ1v) is 7.25. The third-order valence-corrected chi connectivity index (χ3v) is 3.98. The molecule has 0 saturated heterocycles. The number of anilines is 2. The highest BCUT2D eigenvalue weighted by atomic mass is 16.5. The number of nitrogens with one attached hydrogen (secondary N) is 2. The van der Waals surface area contributed by atoms with Crippen molar-refractivity contribution in [3.63, 3.8) is 0 Å². The standard InChI is InChI=1S/C17H16N4O/c1-10-13(12-6-7-15-16(8-12)19-9-18-15)4-3-5-14(10)17-20-11(2)21-22-17/h3-8,18-19H,9H2,1-2H3. The van der Waals surface area contributed by atoms with E-state index in [2.05, 4.69) is 52.0 Å². The van der Waals surface area contributed by atoms with Crippen LogP contribution in [0.2, 0.25) is 0 Å². The van der Waals surface area contributed by atoms with Gasteiger partial charge in [0.25, 0.3) is 5.89 Å². The van der Waals surface area contributed by atoms with Crippen molar-refractivity contribution in [2.45, 2.75) is 13.8 Å². The molecule has 0 radical (unpaired) electrons. The summed E-state index contributed by atoms with van der Waals surface area (Å²) in [5, 5.41) is 10.5. The molecule has 3 aromatic rings. The minimum absolute atomic E-state index is 0.567. The van der Waals surface area contributed by atoms with Crippen LogP contribution in [0.3, 0.4) is 0 Å². The maximum Gasteiger partial charge on any atom is 0.258 e. The molecule has 5 heteroatoms. The average molecular weight is 292 g/mol. The Morgan fingerprint density at radius 2 is 1.82 bits per heavy atom. The lowest BCUT2D eigenvalue weighted by Crippen LogP contribution is -1.98. The van der Waals surface area contributed by atoms with Crippen molar-refractivity contribution in [3.8, 4) is 22.6 Å². The number of rotatable bonds is 2. The molecular weight excluding hydrogens is 276 g/mol. The quantitative estimate of drug-likeness (QED) is 0.752. The number of aromatic nitrogens is 2. The summed E-state index contributed by atoms with van der Waals surface area (Å²) in [6, 6.07) is 12.6. The summed E-state index contributed by atoms with van der Waals surface area (Å²) in [7, 11) is 0. The fourth-order valence-corrected chi connectivity index (χ4v) is 2.83. The molecule has 5 nitrogen and oxygen atoms in total. The Balaban J connectivity index is 1.83. The number of hydrogen-bond donors (Lipinski definition) is 2. The number of benzene rings is 2. The van der Waals surface area contributed by atoms with Crippen LogP contribution in [-0.4, -0.2) is 16.8 Å². The first-order valence-electron chi connectivity index (χ1n) is 7.25. The lowest BCUT2D eigenvalue weighted by Gasteiger charge is -2.10. The largest absolute Gasteiger partial charge is 0.366 e. The highest BCUT2D eigenvalue weighted by Gasteiger charge is 2.15. The van der Waals surface area contributed by atoms with Crippen LogP contribution in [0, 0.1) is 13.8 Å². The minimum atomic E-state index is 0.567. The highest BCUT2D eigenvalue weighted by molar-refractivity contribution is 5.83. The van der Waals surface area contributed by atoms with Crippen LogP contribution in [-0.2, 0) is 0 Å². The maximum atomic E-state index is 5.31. The predicted molar refractivity (Wildman–Crippen MR) is 86.8 cm³/mol. The topological polar surface area (TPSA) is 63.0 Å². The van der Waals surface area contributed by atoms with Crippen LogP contribution >= 0.6 is 0 Å². The van der Waals surface area contributed by atoms with Crippen molar-refractivity contribution in [2.24, 2.45) is 0 Å². The number of hydrogen-bond acceptors (Lipinski definition) is 5. The van der Waals surface area contributed by atoms with E-state index < -0.39 is 0 Å². The smallest absolute Gasteiger partial charge is 0.258 e. The number of aryl methyl sites for hydroxylation is 1. The second-order valence-electron chi connectivity index (χ2n) is 5.42. The van der Waals surface area contributed by atoms with E-state index in [4.69, 9.17) is 4.52 Å². The van der Waals surface area contributed by atoms with Crippen molar-refractivity contribution in [1.29, 1.82) is 0 Å². The Morgan fingerprint density at radius 1 is 1.00 bits per heavy atom. The van der Waals surface area contributed by atoms with Gasteiger partial charge in [0, 0.05) is 5.56 Å². The van der Waals surface area contributed by atoms with E-state index in [1.165, 1.54) is 11.1 Å². The zero-order chi connectivity index (χ0) is 15.1. The van der Waals surface area contributed by atoms with Gasteiger partial charge in [-0.3, -0.25) is 0 Å². The molecule has 110 valence electrons. The zero-order valence-corrected chi connectivity index (χ0v) is 12.5. The summed E-state index contributed by atoms with van der Waals surface area (Å²) in [4.78, 5) is 4.33. The zero-order valence-electron chi connectivity index (χ0n) is 12.5. The molecule has 22 heavy (non-hydrogen) atoms. The van der Waals surface area contributed by atoms with Crippen LogP contribution in [0.15, 0.2) is 40.9 Å². The van der Waals surface area contributed by atoms with Crippen LogP contribution in [0.25, 0.3) is 22.6 Å². The third-order valence-electron chi connectivity index (χ3n) is 3.98. The third kappa shape index (κ3) is 2.02. The molecule has 0 spiro atoms. The molecule has 0 amide bonds. The lowest BCUT2D eigenvalue weighted by molar-refractivity contribution is 0.425. The van der Waals surface area contributed by atoms with Gasteiger partial charge in [0.05, 0.1) is 18.0 Å². The molecule has 1 aromatic heterocycles. The van der Waals surface area contributed by atoms with Gasteiger partial charge in [-0.1, -0.05) is 23.4 Å². The Labute approximate surface area is 128 Å². The van der Waals surface area contributed by atoms with Crippen LogP contribution in [0.4, 0.5) is 11.4 Å². The van der Waals surface area contributed by atoms with Gasteiger partial charge >= 0.3 is 0 Å². The van der Waals surface area contributed by atoms with Gasteiger partial charge in [-0.05, 0) is 48.7 Å². The van der Waals surface area contributed by atoms with E-state index in [0.717, 1.165) is 29.2 Å². The molecule has 0 unspecified atom stereocenters. The maximum absolute atomic E-state index is 5.31. The van der Waals surface area contributed by atoms with E-state index in [-0.39, 0.29) is 0 Å². The molecule has 0 fully saturated rings. The van der Waals surface area contributed by atoms with Crippen LogP contribution < -0.4 is 10.6 Å². The van der Waals surface area contributed by atoms with Crippen molar-refractivity contribution in [1.82, 2.24) is 10.1 Å². The summed E-state index contributed by atoms with van der Waals surface area (Å²) < 4.78 is 5.31. The van der Waals surface area contributed by atoms with Crippen LogP contribution in [0.5, 0.6) is 0 Å². The number of nitrogens with zero attached hydrogens (tertiary/aromatic N) is 2. The average Bonchev–Trinajstić information content (AvgIpc) is 3.15.